The predicted molar refractivity (Wildman–Crippen MR) is 161 cm³/mol. The van der Waals surface area contributed by atoms with Gasteiger partial charge in [0.05, 0.1) is 10.9 Å². The van der Waals surface area contributed by atoms with Crippen molar-refractivity contribution >= 4 is 32.3 Å². The fourth-order valence-electron chi connectivity index (χ4n) is 6.57. The molecule has 5 aromatic rings. The lowest BCUT2D eigenvalue weighted by Gasteiger charge is -2.28. The van der Waals surface area contributed by atoms with Crippen LogP contribution in [0.4, 0.5) is 0 Å². The molecule has 0 radical (unpaired) electrons. The maximum absolute atomic E-state index is 7.03. The summed E-state index contributed by atoms with van der Waals surface area (Å²) in [5, 5.41) is 7.73. The van der Waals surface area contributed by atoms with E-state index in [-0.39, 0.29) is 10.8 Å². The van der Waals surface area contributed by atoms with E-state index in [0.29, 0.717) is 0 Å². The van der Waals surface area contributed by atoms with E-state index in [9.17, 15) is 0 Å². The van der Waals surface area contributed by atoms with Crippen molar-refractivity contribution in [1.82, 2.24) is 0 Å². The highest BCUT2D eigenvalue weighted by atomic mass is 16.5. The van der Waals surface area contributed by atoms with Gasteiger partial charge in [-0.25, -0.2) is 4.57 Å². The molecule has 1 aliphatic heterocycles. The monoisotopic (exact) mass is 502 g/mol. The Morgan fingerprint density at radius 2 is 1.42 bits per heavy atom. The molecule has 2 heteroatoms. The molecule has 194 valence electrons. The van der Waals surface area contributed by atoms with E-state index in [2.05, 4.69) is 122 Å². The van der Waals surface area contributed by atoms with Gasteiger partial charge in [-0.15, -0.1) is 0 Å². The molecule has 2 nitrogen and oxygen atoms in total. The molecule has 0 unspecified atom stereocenters. The second kappa shape index (κ2) is 8.30. The minimum Gasteiger partial charge on any atom is -0.455 e. The van der Waals surface area contributed by atoms with Crippen LogP contribution >= 0.6 is 0 Å². The van der Waals surface area contributed by atoms with E-state index in [1.54, 1.807) is 0 Å². The van der Waals surface area contributed by atoms with Crippen LogP contribution in [0.15, 0.2) is 54.7 Å². The van der Waals surface area contributed by atoms with Gasteiger partial charge in [0, 0.05) is 17.0 Å². The average Bonchev–Trinajstić information content (AvgIpc) is 2.82. The summed E-state index contributed by atoms with van der Waals surface area (Å²) < 4.78 is 9.33. The lowest BCUT2D eigenvalue weighted by Crippen LogP contribution is -2.32. The Morgan fingerprint density at radius 1 is 0.737 bits per heavy atom. The third-order valence-electron chi connectivity index (χ3n) is 8.01. The zero-order valence-electron chi connectivity index (χ0n) is 24.5. The molecule has 0 bridgehead atoms. The number of aromatic nitrogens is 1. The Morgan fingerprint density at radius 3 is 2.11 bits per heavy atom. The molecule has 38 heavy (non-hydrogen) atoms. The summed E-state index contributed by atoms with van der Waals surface area (Å²) in [5.41, 5.74) is 8.19. The van der Waals surface area contributed by atoms with Gasteiger partial charge < -0.3 is 4.74 Å². The lowest BCUT2D eigenvalue weighted by molar-refractivity contribution is -0.659. The van der Waals surface area contributed by atoms with Crippen LogP contribution in [0.25, 0.3) is 43.6 Å². The number of rotatable bonds is 2. The van der Waals surface area contributed by atoms with Crippen molar-refractivity contribution < 1.29 is 9.30 Å². The molecular formula is C36H40NO+. The molecule has 1 aromatic heterocycles. The largest absolute Gasteiger partial charge is 0.455 e. The molecule has 2 heterocycles. The summed E-state index contributed by atoms with van der Waals surface area (Å²) >= 11 is 0. The molecule has 4 aromatic carbocycles. The number of hydrogen-bond acceptors (Lipinski definition) is 1. The lowest BCUT2D eigenvalue weighted by atomic mass is 9.81. The van der Waals surface area contributed by atoms with E-state index in [4.69, 9.17) is 4.74 Å². The SMILES string of the molecule is Cc1c2c(c(CC(C)(C)C)c3ccccc13)Oc1cc3c(C)cc(CC(C)(C)C)cc3c3cc[n+](C)c-2c13. The Kier molecular flexibility index (Phi) is 5.44. The van der Waals surface area contributed by atoms with E-state index in [0.717, 1.165) is 24.3 Å². The van der Waals surface area contributed by atoms with Crippen LogP contribution in [0.1, 0.15) is 63.8 Å². The fourth-order valence-corrected chi connectivity index (χ4v) is 6.57. The highest BCUT2D eigenvalue weighted by molar-refractivity contribution is 6.17. The van der Waals surface area contributed by atoms with Crippen molar-refractivity contribution in [3.8, 4) is 22.8 Å². The minimum absolute atomic E-state index is 0.132. The number of ether oxygens (including phenoxy) is 1. The van der Waals surface area contributed by atoms with E-state index in [1.807, 2.05) is 0 Å². The highest BCUT2D eigenvalue weighted by Crippen LogP contribution is 2.53. The zero-order chi connectivity index (χ0) is 27.1. The van der Waals surface area contributed by atoms with Crippen molar-refractivity contribution in [2.45, 2.75) is 68.2 Å². The van der Waals surface area contributed by atoms with Gasteiger partial charge >= 0.3 is 0 Å². The summed E-state index contributed by atoms with van der Waals surface area (Å²) in [5.74, 6) is 2.01. The number of benzene rings is 4. The van der Waals surface area contributed by atoms with Crippen molar-refractivity contribution in [3.63, 3.8) is 0 Å². The van der Waals surface area contributed by atoms with Gasteiger partial charge in [-0.3, -0.25) is 0 Å². The summed E-state index contributed by atoms with van der Waals surface area (Å²) in [6.07, 6.45) is 4.24. The normalized spacial score (nSPS) is 13.3. The number of fused-ring (bicyclic) bond motifs is 5. The van der Waals surface area contributed by atoms with Crippen LogP contribution in [-0.4, -0.2) is 0 Å². The van der Waals surface area contributed by atoms with Gasteiger partial charge in [0.2, 0.25) is 5.69 Å². The van der Waals surface area contributed by atoms with Crippen molar-refractivity contribution in [1.29, 1.82) is 0 Å². The quantitative estimate of drug-likeness (QED) is 0.170. The summed E-state index contributed by atoms with van der Waals surface area (Å²) in [4.78, 5) is 0. The Labute approximate surface area is 227 Å². The zero-order valence-corrected chi connectivity index (χ0v) is 24.5. The van der Waals surface area contributed by atoms with Gasteiger partial charge in [-0.2, -0.15) is 0 Å². The summed E-state index contributed by atoms with van der Waals surface area (Å²) in [7, 11) is 2.18. The second-order valence-corrected chi connectivity index (χ2v) is 13.9. The minimum atomic E-state index is 0.132. The molecule has 0 aliphatic carbocycles. The molecule has 0 fully saturated rings. The smallest absolute Gasteiger partial charge is 0.228 e. The number of pyridine rings is 1. The van der Waals surface area contributed by atoms with E-state index >= 15 is 0 Å². The van der Waals surface area contributed by atoms with E-state index < -0.39 is 0 Å². The Hall–Kier alpha value is -3.39. The van der Waals surface area contributed by atoms with Crippen LogP contribution in [0.5, 0.6) is 11.5 Å². The second-order valence-electron chi connectivity index (χ2n) is 13.9. The molecule has 0 amide bonds. The molecule has 0 saturated heterocycles. The first-order valence-electron chi connectivity index (χ1n) is 13.9. The third kappa shape index (κ3) is 3.97. The van der Waals surface area contributed by atoms with Crippen LogP contribution < -0.4 is 9.30 Å². The fraction of sp³-hybridized carbons (Fsp3) is 0.361. The van der Waals surface area contributed by atoms with Crippen LogP contribution in [-0.2, 0) is 19.9 Å². The van der Waals surface area contributed by atoms with Crippen molar-refractivity contribution in [2.24, 2.45) is 17.9 Å². The standard InChI is InChI=1S/C36H40NO/c1-21-16-23(19-35(3,4)5)17-28-26-14-15-37(9)33-31-22(2)24-12-10-11-13-25(24)29(20-36(6,7)8)34(31)38-30(32(26)33)18-27(21)28/h10-18H,19-20H2,1-9H3/q+1. The Balaban J connectivity index is 1.75. The first-order valence-corrected chi connectivity index (χ1v) is 13.9. The molecular weight excluding hydrogens is 462 g/mol. The number of aryl methyl sites for hydroxylation is 3. The maximum Gasteiger partial charge on any atom is 0.228 e. The van der Waals surface area contributed by atoms with Gasteiger partial charge in [0.15, 0.2) is 6.20 Å². The Bertz CT molecular complexity index is 1780. The molecule has 0 saturated carbocycles. The summed E-state index contributed by atoms with van der Waals surface area (Å²) in [6, 6.07) is 18.2. The number of nitrogens with zero attached hydrogens (tertiary/aromatic N) is 1. The van der Waals surface area contributed by atoms with E-state index in [1.165, 1.54) is 65.8 Å². The van der Waals surface area contributed by atoms with Gasteiger partial charge in [0.25, 0.3) is 0 Å². The molecule has 1 aliphatic rings. The van der Waals surface area contributed by atoms with Gasteiger partial charge in [-0.05, 0) is 81.8 Å². The first-order chi connectivity index (χ1) is 17.8. The van der Waals surface area contributed by atoms with Crippen molar-refractivity contribution in [2.75, 3.05) is 0 Å². The molecule has 0 atom stereocenters. The van der Waals surface area contributed by atoms with Gasteiger partial charge in [0.1, 0.15) is 18.5 Å². The number of hydrogen-bond donors (Lipinski definition) is 0. The van der Waals surface area contributed by atoms with Gasteiger partial charge in [-0.1, -0.05) is 77.9 Å². The van der Waals surface area contributed by atoms with Crippen LogP contribution in [0.2, 0.25) is 0 Å². The van der Waals surface area contributed by atoms with Crippen LogP contribution in [0, 0.1) is 24.7 Å². The molecule has 0 spiro atoms. The van der Waals surface area contributed by atoms with Crippen LogP contribution in [0.3, 0.4) is 0 Å². The predicted octanol–water partition coefficient (Wildman–Crippen LogP) is 9.54. The average molecular weight is 503 g/mol. The third-order valence-corrected chi connectivity index (χ3v) is 8.01. The topological polar surface area (TPSA) is 13.1 Å². The maximum atomic E-state index is 7.03. The summed E-state index contributed by atoms with van der Waals surface area (Å²) in [6.45, 7) is 18.4. The molecule has 6 rings (SSSR count). The molecule has 0 N–H and O–H groups in total. The first kappa shape index (κ1) is 24.9. The van der Waals surface area contributed by atoms with Crippen molar-refractivity contribution in [3.05, 3.63) is 77.0 Å². The highest BCUT2D eigenvalue weighted by Gasteiger charge is 2.34.